The van der Waals surface area contributed by atoms with Crippen LogP contribution in [-0.2, 0) is 6.54 Å². The van der Waals surface area contributed by atoms with Crippen LogP contribution >= 0.6 is 0 Å². The molecule has 0 unspecified atom stereocenters. The summed E-state index contributed by atoms with van der Waals surface area (Å²) < 4.78 is 5.51. The fraction of sp³-hybridized carbons (Fsp3) is 0.400. The lowest BCUT2D eigenvalue weighted by Gasteiger charge is -2.10. The summed E-state index contributed by atoms with van der Waals surface area (Å²) in [6.45, 7) is 3.27. The van der Waals surface area contributed by atoms with Gasteiger partial charge in [-0.15, -0.1) is 0 Å². The summed E-state index contributed by atoms with van der Waals surface area (Å²) in [4.78, 5) is 13.1. The Bertz CT molecular complexity index is 569. The van der Waals surface area contributed by atoms with Gasteiger partial charge in [-0.25, -0.2) is 4.98 Å². The number of pyridine rings is 1. The standard InChI is InChI=1S/C15H18N4O/c1-2-20-14-8-13(18-15(19-14)12-5-6-12)17-10-11-4-3-7-16-9-11/h3-4,7-9,12H,2,5-6,10H2,1H3,(H,17,18,19). The molecule has 0 atom stereocenters. The molecule has 104 valence electrons. The molecule has 1 aliphatic rings. The second kappa shape index (κ2) is 5.86. The van der Waals surface area contributed by atoms with Gasteiger partial charge in [0.1, 0.15) is 11.6 Å². The van der Waals surface area contributed by atoms with Crippen molar-refractivity contribution in [2.75, 3.05) is 11.9 Å². The third kappa shape index (κ3) is 3.23. The van der Waals surface area contributed by atoms with E-state index in [1.54, 1.807) is 6.20 Å². The van der Waals surface area contributed by atoms with E-state index < -0.39 is 0 Å². The molecule has 1 N–H and O–H groups in total. The molecule has 0 radical (unpaired) electrons. The first-order valence-electron chi connectivity index (χ1n) is 6.99. The molecule has 0 amide bonds. The van der Waals surface area contributed by atoms with E-state index in [-0.39, 0.29) is 0 Å². The van der Waals surface area contributed by atoms with Crippen LogP contribution in [0, 0.1) is 0 Å². The van der Waals surface area contributed by atoms with E-state index in [0.717, 1.165) is 17.2 Å². The number of ether oxygens (including phenoxy) is 1. The van der Waals surface area contributed by atoms with Crippen molar-refractivity contribution in [1.82, 2.24) is 15.0 Å². The highest BCUT2D eigenvalue weighted by molar-refractivity contribution is 5.40. The van der Waals surface area contributed by atoms with Crippen molar-refractivity contribution in [3.05, 3.63) is 42.0 Å². The zero-order valence-corrected chi connectivity index (χ0v) is 11.5. The van der Waals surface area contributed by atoms with Crippen molar-refractivity contribution in [2.45, 2.75) is 32.2 Å². The van der Waals surface area contributed by atoms with Gasteiger partial charge in [-0.1, -0.05) is 6.07 Å². The number of rotatable bonds is 6. The van der Waals surface area contributed by atoms with Gasteiger partial charge >= 0.3 is 0 Å². The summed E-state index contributed by atoms with van der Waals surface area (Å²) in [6, 6.07) is 5.82. The van der Waals surface area contributed by atoms with Crippen LogP contribution in [0.5, 0.6) is 5.88 Å². The third-order valence-electron chi connectivity index (χ3n) is 3.15. The Hall–Kier alpha value is -2.17. The number of hydrogen-bond acceptors (Lipinski definition) is 5. The lowest BCUT2D eigenvalue weighted by Crippen LogP contribution is -2.06. The van der Waals surface area contributed by atoms with Crippen molar-refractivity contribution in [1.29, 1.82) is 0 Å². The molecule has 3 rings (SSSR count). The predicted molar refractivity (Wildman–Crippen MR) is 76.7 cm³/mol. The molecule has 2 aromatic heterocycles. The SMILES string of the molecule is CCOc1cc(NCc2cccnc2)nc(C2CC2)n1. The molecule has 0 saturated heterocycles. The molecule has 2 aromatic rings. The lowest BCUT2D eigenvalue weighted by molar-refractivity contribution is 0.325. The summed E-state index contributed by atoms with van der Waals surface area (Å²) in [7, 11) is 0. The lowest BCUT2D eigenvalue weighted by atomic mass is 10.3. The van der Waals surface area contributed by atoms with E-state index >= 15 is 0 Å². The fourth-order valence-electron chi connectivity index (χ4n) is 1.97. The summed E-state index contributed by atoms with van der Waals surface area (Å²) >= 11 is 0. The first-order valence-corrected chi connectivity index (χ1v) is 6.99. The van der Waals surface area contributed by atoms with Crippen LogP contribution in [0.25, 0.3) is 0 Å². The Morgan fingerprint density at radius 2 is 2.25 bits per heavy atom. The molecule has 1 fully saturated rings. The zero-order valence-electron chi connectivity index (χ0n) is 11.5. The van der Waals surface area contributed by atoms with Gasteiger partial charge in [0, 0.05) is 30.9 Å². The van der Waals surface area contributed by atoms with Crippen LogP contribution < -0.4 is 10.1 Å². The molecule has 20 heavy (non-hydrogen) atoms. The van der Waals surface area contributed by atoms with E-state index in [1.165, 1.54) is 12.8 Å². The molecule has 1 aliphatic carbocycles. The summed E-state index contributed by atoms with van der Waals surface area (Å²) in [5.74, 6) is 2.87. The van der Waals surface area contributed by atoms with E-state index in [2.05, 4.69) is 20.3 Å². The molecule has 0 bridgehead atoms. The third-order valence-corrected chi connectivity index (χ3v) is 3.15. The molecular weight excluding hydrogens is 252 g/mol. The molecule has 0 aliphatic heterocycles. The van der Waals surface area contributed by atoms with Gasteiger partial charge < -0.3 is 10.1 Å². The van der Waals surface area contributed by atoms with Gasteiger partial charge in [-0.2, -0.15) is 4.98 Å². The minimum Gasteiger partial charge on any atom is -0.478 e. The van der Waals surface area contributed by atoms with E-state index in [4.69, 9.17) is 4.74 Å². The molecule has 1 saturated carbocycles. The number of anilines is 1. The van der Waals surface area contributed by atoms with E-state index in [9.17, 15) is 0 Å². The van der Waals surface area contributed by atoms with Gasteiger partial charge in [0.15, 0.2) is 0 Å². The van der Waals surface area contributed by atoms with Gasteiger partial charge in [0.2, 0.25) is 5.88 Å². The normalized spacial score (nSPS) is 14.1. The Balaban J connectivity index is 1.74. The van der Waals surface area contributed by atoms with E-state index in [1.807, 2.05) is 31.3 Å². The van der Waals surface area contributed by atoms with Crippen molar-refractivity contribution >= 4 is 5.82 Å². The van der Waals surface area contributed by atoms with Crippen LogP contribution in [-0.4, -0.2) is 21.6 Å². The van der Waals surface area contributed by atoms with Crippen LogP contribution in [0.15, 0.2) is 30.6 Å². The highest BCUT2D eigenvalue weighted by Crippen LogP contribution is 2.39. The fourth-order valence-corrected chi connectivity index (χ4v) is 1.97. The minimum absolute atomic E-state index is 0.509. The first kappa shape index (κ1) is 12.8. The Labute approximate surface area is 118 Å². The Kier molecular flexibility index (Phi) is 3.76. The molecule has 5 heteroatoms. The highest BCUT2D eigenvalue weighted by atomic mass is 16.5. The van der Waals surface area contributed by atoms with Crippen LogP contribution in [0.1, 0.15) is 37.1 Å². The van der Waals surface area contributed by atoms with Gasteiger partial charge in [0.05, 0.1) is 6.61 Å². The second-order valence-corrected chi connectivity index (χ2v) is 4.87. The second-order valence-electron chi connectivity index (χ2n) is 4.87. The van der Waals surface area contributed by atoms with Crippen LogP contribution in [0.2, 0.25) is 0 Å². The number of hydrogen-bond donors (Lipinski definition) is 1. The number of nitrogens with zero attached hydrogens (tertiary/aromatic N) is 3. The summed E-state index contributed by atoms with van der Waals surface area (Å²) in [6.07, 6.45) is 5.97. The van der Waals surface area contributed by atoms with Crippen molar-refractivity contribution < 1.29 is 4.74 Å². The first-order chi connectivity index (χ1) is 9.85. The average molecular weight is 270 g/mol. The molecular formula is C15H18N4O. The monoisotopic (exact) mass is 270 g/mol. The molecule has 5 nitrogen and oxygen atoms in total. The quantitative estimate of drug-likeness (QED) is 0.874. The maximum absolute atomic E-state index is 5.51. The minimum atomic E-state index is 0.509. The number of aromatic nitrogens is 3. The number of nitrogens with one attached hydrogen (secondary N) is 1. The Morgan fingerprint density at radius 1 is 1.35 bits per heavy atom. The average Bonchev–Trinajstić information content (AvgIpc) is 3.31. The van der Waals surface area contributed by atoms with Gasteiger partial charge in [-0.05, 0) is 31.4 Å². The highest BCUT2D eigenvalue weighted by Gasteiger charge is 2.27. The molecule has 0 aromatic carbocycles. The summed E-state index contributed by atoms with van der Waals surface area (Å²) in [5, 5.41) is 3.31. The predicted octanol–water partition coefficient (Wildman–Crippen LogP) is 2.76. The molecule has 0 spiro atoms. The maximum Gasteiger partial charge on any atom is 0.218 e. The Morgan fingerprint density at radius 3 is 2.95 bits per heavy atom. The maximum atomic E-state index is 5.51. The van der Waals surface area contributed by atoms with Crippen molar-refractivity contribution in [2.24, 2.45) is 0 Å². The van der Waals surface area contributed by atoms with Gasteiger partial charge in [0.25, 0.3) is 0 Å². The topological polar surface area (TPSA) is 59.9 Å². The molecule has 2 heterocycles. The van der Waals surface area contributed by atoms with Crippen molar-refractivity contribution in [3.8, 4) is 5.88 Å². The zero-order chi connectivity index (χ0) is 13.8. The van der Waals surface area contributed by atoms with Crippen molar-refractivity contribution in [3.63, 3.8) is 0 Å². The van der Waals surface area contributed by atoms with E-state index in [0.29, 0.717) is 24.9 Å². The van der Waals surface area contributed by atoms with Gasteiger partial charge in [-0.3, -0.25) is 4.98 Å². The van der Waals surface area contributed by atoms with Crippen LogP contribution in [0.4, 0.5) is 5.82 Å². The van der Waals surface area contributed by atoms with Crippen LogP contribution in [0.3, 0.4) is 0 Å². The smallest absolute Gasteiger partial charge is 0.218 e. The summed E-state index contributed by atoms with van der Waals surface area (Å²) in [5.41, 5.74) is 1.12. The largest absolute Gasteiger partial charge is 0.478 e.